The highest BCUT2D eigenvalue weighted by atomic mass is 16.3. The van der Waals surface area contributed by atoms with Gasteiger partial charge in [-0.05, 0) is 107 Å². The van der Waals surface area contributed by atoms with Gasteiger partial charge in [0.25, 0.3) is 5.91 Å². The minimum absolute atomic E-state index is 0.0146. The van der Waals surface area contributed by atoms with Crippen molar-refractivity contribution in [1.82, 2.24) is 4.90 Å². The summed E-state index contributed by atoms with van der Waals surface area (Å²) >= 11 is 0. The lowest BCUT2D eigenvalue weighted by Crippen LogP contribution is -2.35. The zero-order chi connectivity index (χ0) is 46.3. The molecular formula is C46H77NO13. The summed E-state index contributed by atoms with van der Waals surface area (Å²) in [6.45, 7) is 16.8. The van der Waals surface area contributed by atoms with E-state index >= 15 is 0 Å². The Morgan fingerprint density at radius 2 is 1.27 bits per heavy atom. The van der Waals surface area contributed by atoms with Crippen molar-refractivity contribution in [2.75, 3.05) is 7.05 Å². The number of aliphatic hydroxyl groups excluding tert-OH is 10. The number of likely N-dealkylation sites (N-methyl/N-ethyl adjacent to an activating group) is 1. The zero-order valence-corrected chi connectivity index (χ0v) is 37.7. The number of carbonyl (C=O) groups is 3. The van der Waals surface area contributed by atoms with Gasteiger partial charge in [0.1, 0.15) is 11.3 Å². The van der Waals surface area contributed by atoms with E-state index in [4.69, 9.17) is 0 Å². The van der Waals surface area contributed by atoms with Crippen LogP contribution in [0, 0.1) is 29.6 Å². The molecule has 0 spiro atoms. The van der Waals surface area contributed by atoms with Gasteiger partial charge in [-0.15, -0.1) is 0 Å². The first kappa shape index (κ1) is 55.0. The van der Waals surface area contributed by atoms with E-state index in [0.29, 0.717) is 18.4 Å². The van der Waals surface area contributed by atoms with Crippen molar-refractivity contribution >= 4 is 17.5 Å². The van der Waals surface area contributed by atoms with E-state index in [-0.39, 0.29) is 78.6 Å². The number of nitrogens with zero attached hydrogens (tertiary/aromatic N) is 1. The molecule has 13 atom stereocenters. The van der Waals surface area contributed by atoms with Crippen molar-refractivity contribution < 1.29 is 65.4 Å². The lowest BCUT2D eigenvalue weighted by molar-refractivity contribution is -0.123. The summed E-state index contributed by atoms with van der Waals surface area (Å²) < 4.78 is 0. The van der Waals surface area contributed by atoms with Crippen LogP contribution in [-0.4, -0.2) is 135 Å². The molecule has 1 amide bonds. The number of likely N-dealkylation sites (tertiary alicyclic amines) is 1. The van der Waals surface area contributed by atoms with Crippen LogP contribution >= 0.6 is 0 Å². The summed E-state index contributed by atoms with van der Waals surface area (Å²) in [6, 6.07) is 0. The van der Waals surface area contributed by atoms with E-state index in [0.717, 1.165) is 0 Å². The van der Waals surface area contributed by atoms with Crippen LogP contribution in [0.3, 0.4) is 0 Å². The lowest BCUT2D eigenvalue weighted by atomic mass is 9.83. The fourth-order valence-electron chi connectivity index (χ4n) is 7.43. The molecule has 14 heteroatoms. The molecule has 0 aromatic rings. The van der Waals surface area contributed by atoms with Crippen molar-refractivity contribution in [3.05, 3.63) is 58.1 Å². The Balaban J connectivity index is 2.62. The first-order valence-corrected chi connectivity index (χ1v) is 21.4. The second-order valence-corrected chi connectivity index (χ2v) is 17.7. The molecule has 1 saturated heterocycles. The third kappa shape index (κ3) is 17.0. The minimum atomic E-state index is -1.33. The van der Waals surface area contributed by atoms with Crippen LogP contribution in [0.25, 0.3) is 0 Å². The SMILES string of the molecule is C/C(=C\C(O)C(O)CC(C)O)C(=O)C(C)/C=C(\C)C(O)C(C)C(O)CCCC(O)C(C)C(O)C(C)CCC(O)CC(O)C/C=C(\C)C(O)=C1C(=O)/C(=C/C(C)C)N(C)C1=O. The minimum Gasteiger partial charge on any atom is -0.507 e. The maximum atomic E-state index is 12.9. The van der Waals surface area contributed by atoms with Crippen LogP contribution in [0.5, 0.6) is 0 Å². The Kier molecular flexibility index (Phi) is 23.6. The average molecular weight is 852 g/mol. The molecule has 0 bridgehead atoms. The Hall–Kier alpha value is -3.05. The summed E-state index contributed by atoms with van der Waals surface area (Å²) in [5, 5.41) is 105. The summed E-state index contributed by atoms with van der Waals surface area (Å²) in [4.78, 5) is 39.6. The highest BCUT2D eigenvalue weighted by Crippen LogP contribution is 2.29. The van der Waals surface area contributed by atoms with Crippen LogP contribution in [0.1, 0.15) is 121 Å². The predicted octanol–water partition coefficient (Wildman–Crippen LogP) is 3.72. The lowest BCUT2D eigenvalue weighted by Gasteiger charge is -2.30. The number of Topliss-reactive ketones (excluding diaryl/α,β-unsaturated/α-hetero) is 2. The van der Waals surface area contributed by atoms with Gasteiger partial charge in [-0.1, -0.05) is 59.8 Å². The van der Waals surface area contributed by atoms with Crippen molar-refractivity contribution in [2.24, 2.45) is 29.6 Å². The molecule has 1 aliphatic rings. The molecule has 14 nitrogen and oxygen atoms in total. The number of rotatable bonds is 26. The van der Waals surface area contributed by atoms with Crippen molar-refractivity contribution in [3.8, 4) is 0 Å². The number of aliphatic hydroxyl groups is 10. The zero-order valence-electron chi connectivity index (χ0n) is 37.7. The highest BCUT2D eigenvalue weighted by Gasteiger charge is 2.39. The molecule has 60 heavy (non-hydrogen) atoms. The Morgan fingerprint density at radius 1 is 0.700 bits per heavy atom. The summed E-state index contributed by atoms with van der Waals surface area (Å²) in [5.74, 6) is -3.99. The molecule has 0 radical (unpaired) electrons. The smallest absolute Gasteiger partial charge is 0.265 e. The van der Waals surface area contributed by atoms with Gasteiger partial charge >= 0.3 is 0 Å². The number of hydrogen-bond acceptors (Lipinski definition) is 13. The van der Waals surface area contributed by atoms with Gasteiger partial charge in [0.15, 0.2) is 5.78 Å². The molecule has 344 valence electrons. The number of carbonyl (C=O) groups excluding carboxylic acids is 3. The molecule has 0 aromatic carbocycles. The molecule has 13 unspecified atom stereocenters. The number of allylic oxidation sites excluding steroid dienone is 5. The van der Waals surface area contributed by atoms with Gasteiger partial charge in [0, 0.05) is 31.2 Å². The van der Waals surface area contributed by atoms with Crippen LogP contribution < -0.4 is 0 Å². The quantitative estimate of drug-likeness (QED) is 0.0258. The summed E-state index contributed by atoms with van der Waals surface area (Å²) in [7, 11) is 1.47. The van der Waals surface area contributed by atoms with Gasteiger partial charge in [0.2, 0.25) is 5.78 Å². The number of ketones is 2. The van der Waals surface area contributed by atoms with E-state index in [2.05, 4.69) is 0 Å². The predicted molar refractivity (Wildman–Crippen MR) is 230 cm³/mol. The van der Waals surface area contributed by atoms with Crippen molar-refractivity contribution in [3.63, 3.8) is 0 Å². The molecule has 0 aliphatic carbocycles. The first-order chi connectivity index (χ1) is 27.7. The Labute approximate surface area is 357 Å². The number of amides is 1. The molecular weight excluding hydrogens is 774 g/mol. The third-order valence-electron chi connectivity index (χ3n) is 11.6. The second-order valence-electron chi connectivity index (χ2n) is 17.7. The Bertz CT molecular complexity index is 1560. The van der Waals surface area contributed by atoms with Crippen LogP contribution in [-0.2, 0) is 14.4 Å². The molecule has 0 aromatic heterocycles. The molecule has 1 rings (SSSR count). The van der Waals surface area contributed by atoms with Crippen molar-refractivity contribution in [1.29, 1.82) is 0 Å². The van der Waals surface area contributed by atoms with E-state index in [1.54, 1.807) is 39.8 Å². The largest absolute Gasteiger partial charge is 0.507 e. The van der Waals surface area contributed by atoms with Crippen LogP contribution in [0.2, 0.25) is 0 Å². The summed E-state index contributed by atoms with van der Waals surface area (Å²) in [6.07, 6.45) is -1.31. The Morgan fingerprint density at radius 3 is 1.82 bits per heavy atom. The molecule has 0 saturated carbocycles. The molecule has 1 fully saturated rings. The van der Waals surface area contributed by atoms with Crippen molar-refractivity contribution in [2.45, 2.75) is 176 Å². The molecule has 1 aliphatic heterocycles. The van der Waals surface area contributed by atoms with Crippen LogP contribution in [0.15, 0.2) is 58.1 Å². The fraction of sp³-hybridized carbons (Fsp3) is 0.717. The normalized spacial score (nSPS) is 22.9. The first-order valence-electron chi connectivity index (χ1n) is 21.4. The maximum absolute atomic E-state index is 12.9. The topological polar surface area (TPSA) is 257 Å². The average Bonchev–Trinajstić information content (AvgIpc) is 3.38. The second kappa shape index (κ2) is 25.8. The number of hydrogen-bond donors (Lipinski definition) is 10. The highest BCUT2D eigenvalue weighted by molar-refractivity contribution is 6.32. The van der Waals surface area contributed by atoms with E-state index in [1.165, 1.54) is 44.9 Å². The molecule has 10 N–H and O–H groups in total. The molecule has 1 heterocycles. The van der Waals surface area contributed by atoms with Gasteiger partial charge in [-0.2, -0.15) is 0 Å². The summed E-state index contributed by atoms with van der Waals surface area (Å²) in [5.41, 5.74) is 0.834. The fourth-order valence-corrected chi connectivity index (χ4v) is 7.43. The van der Waals surface area contributed by atoms with Gasteiger partial charge in [0.05, 0.1) is 60.6 Å². The van der Waals surface area contributed by atoms with E-state index < -0.39 is 90.1 Å². The van der Waals surface area contributed by atoms with Gasteiger partial charge in [-0.3, -0.25) is 14.4 Å². The van der Waals surface area contributed by atoms with E-state index in [9.17, 15) is 65.4 Å². The van der Waals surface area contributed by atoms with Gasteiger partial charge in [-0.25, -0.2) is 0 Å². The monoisotopic (exact) mass is 852 g/mol. The maximum Gasteiger partial charge on any atom is 0.265 e. The van der Waals surface area contributed by atoms with Gasteiger partial charge < -0.3 is 56.0 Å². The third-order valence-corrected chi connectivity index (χ3v) is 11.6. The standard InChI is InChI=1S/C46H77NO13/c1-24(2)19-35-45(59)40(46(60)47(35)11)44(58)26(4)16-18-34(50)23-33(49)17-15-25(3)42(56)31(9)36(51)13-12-14-37(52)32(10)43(57)28(6)20-27(5)41(55)29(7)21-38(53)39(54)22-30(8)48/h16,19-21,24-25,27,30-34,36-39,42-43,48-54,56-58H,12-15,17-18,22-23H2,1-11H3/b26-16+,28-20+,29-21+,35-19-,44-40?. The van der Waals surface area contributed by atoms with Crippen LogP contribution in [0.4, 0.5) is 0 Å². The van der Waals surface area contributed by atoms with E-state index in [1.807, 2.05) is 20.8 Å².